The van der Waals surface area contributed by atoms with Crippen LogP contribution < -0.4 is 19.5 Å². The zero-order valence-electron chi connectivity index (χ0n) is 11.7. The molecule has 5 heteroatoms. The van der Waals surface area contributed by atoms with E-state index in [1.807, 2.05) is 36.4 Å². The fraction of sp³-hybridized carbons (Fsp3) is 0.250. The van der Waals surface area contributed by atoms with Crippen LogP contribution in [0.2, 0.25) is 0 Å². The van der Waals surface area contributed by atoms with Gasteiger partial charge in [-0.3, -0.25) is 0 Å². The molecule has 0 amide bonds. The number of rotatable bonds is 5. The number of anilines is 1. The van der Waals surface area contributed by atoms with Crippen molar-refractivity contribution >= 4 is 5.69 Å². The third kappa shape index (κ3) is 2.87. The smallest absolute Gasteiger partial charge is 0.231 e. The van der Waals surface area contributed by atoms with Gasteiger partial charge in [-0.25, -0.2) is 0 Å². The summed E-state index contributed by atoms with van der Waals surface area (Å²) in [6.45, 7) is 0.606. The number of methoxy groups -OCH3 is 1. The first-order valence-corrected chi connectivity index (χ1v) is 6.72. The minimum atomic E-state index is -0.649. The van der Waals surface area contributed by atoms with Gasteiger partial charge in [-0.15, -0.1) is 0 Å². The number of hydrogen-bond donors (Lipinski definition) is 2. The van der Waals surface area contributed by atoms with Gasteiger partial charge >= 0.3 is 0 Å². The van der Waals surface area contributed by atoms with Gasteiger partial charge in [0.1, 0.15) is 5.75 Å². The summed E-state index contributed by atoms with van der Waals surface area (Å²) < 4.78 is 15.8. The molecule has 0 aliphatic carbocycles. The van der Waals surface area contributed by atoms with Crippen molar-refractivity contribution in [2.24, 2.45) is 0 Å². The van der Waals surface area contributed by atoms with E-state index in [-0.39, 0.29) is 6.79 Å². The molecular formula is C16H17NO4. The van der Waals surface area contributed by atoms with Crippen LogP contribution in [0.25, 0.3) is 0 Å². The van der Waals surface area contributed by atoms with Gasteiger partial charge in [0.2, 0.25) is 6.79 Å². The van der Waals surface area contributed by atoms with E-state index in [1.54, 1.807) is 13.2 Å². The summed E-state index contributed by atoms with van der Waals surface area (Å²) in [6, 6.07) is 13.0. The lowest BCUT2D eigenvalue weighted by atomic mass is 10.1. The quantitative estimate of drug-likeness (QED) is 0.885. The van der Waals surface area contributed by atoms with Gasteiger partial charge in [0.05, 0.1) is 18.9 Å². The third-order valence-electron chi connectivity index (χ3n) is 3.37. The first-order valence-electron chi connectivity index (χ1n) is 6.72. The maximum absolute atomic E-state index is 10.3. The van der Waals surface area contributed by atoms with Crippen LogP contribution in [0, 0.1) is 0 Å². The van der Waals surface area contributed by atoms with Crippen molar-refractivity contribution in [3.63, 3.8) is 0 Å². The van der Waals surface area contributed by atoms with Gasteiger partial charge in [-0.1, -0.05) is 18.2 Å². The van der Waals surface area contributed by atoms with Gasteiger partial charge in [-0.2, -0.15) is 0 Å². The lowest BCUT2D eigenvalue weighted by Crippen LogP contribution is -2.12. The first-order chi connectivity index (χ1) is 10.3. The molecule has 0 spiro atoms. The summed E-state index contributed by atoms with van der Waals surface area (Å²) in [6.07, 6.45) is -0.649. The highest BCUT2D eigenvalue weighted by molar-refractivity contribution is 5.56. The lowest BCUT2D eigenvalue weighted by Gasteiger charge is -2.15. The number of aliphatic hydroxyl groups excluding tert-OH is 1. The second kappa shape index (κ2) is 5.93. The van der Waals surface area contributed by atoms with Crippen molar-refractivity contribution in [3.05, 3.63) is 48.0 Å². The average Bonchev–Trinajstić information content (AvgIpc) is 3.00. The molecule has 5 nitrogen and oxygen atoms in total. The normalized spacial score (nSPS) is 13.8. The van der Waals surface area contributed by atoms with Gasteiger partial charge in [0.15, 0.2) is 11.5 Å². The number of hydrogen-bond acceptors (Lipinski definition) is 5. The Labute approximate surface area is 123 Å². The molecule has 1 aliphatic rings. The monoisotopic (exact) mass is 287 g/mol. The molecule has 0 aromatic heterocycles. The average molecular weight is 287 g/mol. The number of para-hydroxylation sites is 2. The third-order valence-corrected chi connectivity index (χ3v) is 3.37. The Morgan fingerprint density at radius 1 is 1.19 bits per heavy atom. The van der Waals surface area contributed by atoms with Crippen LogP contribution in [0.3, 0.4) is 0 Å². The highest BCUT2D eigenvalue weighted by Crippen LogP contribution is 2.34. The maximum Gasteiger partial charge on any atom is 0.231 e. The molecule has 1 atom stereocenters. The topological polar surface area (TPSA) is 60.0 Å². The van der Waals surface area contributed by atoms with Gasteiger partial charge in [0.25, 0.3) is 0 Å². The van der Waals surface area contributed by atoms with Crippen molar-refractivity contribution in [2.45, 2.75) is 6.10 Å². The molecule has 1 unspecified atom stereocenters. The van der Waals surface area contributed by atoms with E-state index in [9.17, 15) is 5.11 Å². The number of benzene rings is 2. The molecule has 110 valence electrons. The molecule has 2 N–H and O–H groups in total. The molecule has 3 rings (SSSR count). The molecule has 2 aromatic rings. The van der Waals surface area contributed by atoms with Crippen LogP contribution in [-0.4, -0.2) is 25.6 Å². The molecule has 1 heterocycles. The van der Waals surface area contributed by atoms with Gasteiger partial charge in [0, 0.05) is 6.54 Å². The van der Waals surface area contributed by atoms with E-state index in [0.29, 0.717) is 18.0 Å². The van der Waals surface area contributed by atoms with Gasteiger partial charge < -0.3 is 24.6 Å². The van der Waals surface area contributed by atoms with Crippen molar-refractivity contribution in [1.29, 1.82) is 0 Å². The number of ether oxygens (including phenoxy) is 3. The Morgan fingerprint density at radius 3 is 2.86 bits per heavy atom. The molecule has 21 heavy (non-hydrogen) atoms. The molecule has 0 bridgehead atoms. The van der Waals surface area contributed by atoms with Crippen molar-refractivity contribution < 1.29 is 19.3 Å². The molecule has 0 saturated carbocycles. The van der Waals surface area contributed by atoms with Crippen LogP contribution in [0.4, 0.5) is 5.69 Å². The minimum absolute atomic E-state index is 0.231. The molecule has 0 saturated heterocycles. The standard InChI is InChI=1S/C16H17NO4/c1-19-14-5-3-2-4-12(14)17-9-13(18)11-6-7-15-16(8-11)21-10-20-15/h2-8,13,17-18H,9-10H2,1H3. The van der Waals surface area contributed by atoms with Crippen LogP contribution in [-0.2, 0) is 0 Å². The first kappa shape index (κ1) is 13.6. The number of nitrogens with one attached hydrogen (secondary N) is 1. The predicted molar refractivity (Wildman–Crippen MR) is 79.0 cm³/mol. The SMILES string of the molecule is COc1ccccc1NCC(O)c1ccc2c(c1)OCO2. The maximum atomic E-state index is 10.3. The van der Waals surface area contributed by atoms with Crippen molar-refractivity contribution in [2.75, 3.05) is 25.8 Å². The lowest BCUT2D eigenvalue weighted by molar-refractivity contribution is 0.173. The van der Waals surface area contributed by atoms with Crippen LogP contribution in [0.5, 0.6) is 17.2 Å². The highest BCUT2D eigenvalue weighted by Gasteiger charge is 2.16. The van der Waals surface area contributed by atoms with E-state index in [0.717, 1.165) is 17.0 Å². The number of aliphatic hydroxyl groups is 1. The Hall–Kier alpha value is -2.40. The van der Waals surface area contributed by atoms with Crippen LogP contribution >= 0.6 is 0 Å². The minimum Gasteiger partial charge on any atom is -0.495 e. The van der Waals surface area contributed by atoms with E-state index in [2.05, 4.69) is 5.32 Å². The second-order valence-electron chi connectivity index (χ2n) is 4.71. The largest absolute Gasteiger partial charge is 0.495 e. The van der Waals surface area contributed by atoms with Gasteiger partial charge in [-0.05, 0) is 29.8 Å². The van der Waals surface area contributed by atoms with E-state index < -0.39 is 6.10 Å². The van der Waals surface area contributed by atoms with E-state index in [1.165, 1.54) is 0 Å². The fourth-order valence-corrected chi connectivity index (χ4v) is 2.24. The summed E-state index contributed by atoms with van der Waals surface area (Å²) in [5.74, 6) is 2.13. The zero-order valence-corrected chi connectivity index (χ0v) is 11.7. The van der Waals surface area contributed by atoms with E-state index in [4.69, 9.17) is 14.2 Å². The second-order valence-corrected chi connectivity index (χ2v) is 4.71. The molecular weight excluding hydrogens is 270 g/mol. The zero-order chi connectivity index (χ0) is 14.7. The Bertz CT molecular complexity index is 629. The van der Waals surface area contributed by atoms with Crippen LogP contribution in [0.1, 0.15) is 11.7 Å². The summed E-state index contributed by atoms with van der Waals surface area (Å²) in [5, 5.41) is 13.5. The Morgan fingerprint density at radius 2 is 2.00 bits per heavy atom. The number of fused-ring (bicyclic) bond motifs is 1. The Balaban J connectivity index is 1.67. The summed E-state index contributed by atoms with van der Waals surface area (Å²) in [4.78, 5) is 0. The summed E-state index contributed by atoms with van der Waals surface area (Å²) in [7, 11) is 1.62. The predicted octanol–water partition coefficient (Wildman–Crippen LogP) is 2.57. The molecule has 2 aromatic carbocycles. The fourth-order valence-electron chi connectivity index (χ4n) is 2.24. The molecule has 0 radical (unpaired) electrons. The summed E-state index contributed by atoms with van der Waals surface area (Å²) in [5.41, 5.74) is 1.63. The van der Waals surface area contributed by atoms with E-state index >= 15 is 0 Å². The Kier molecular flexibility index (Phi) is 3.83. The van der Waals surface area contributed by atoms with Crippen molar-refractivity contribution in [3.8, 4) is 17.2 Å². The molecule has 1 aliphatic heterocycles. The molecule has 0 fully saturated rings. The summed E-state index contributed by atoms with van der Waals surface area (Å²) >= 11 is 0. The van der Waals surface area contributed by atoms with Crippen molar-refractivity contribution in [1.82, 2.24) is 0 Å². The van der Waals surface area contributed by atoms with Crippen LogP contribution in [0.15, 0.2) is 42.5 Å². The highest BCUT2D eigenvalue weighted by atomic mass is 16.7.